The van der Waals surface area contributed by atoms with E-state index in [9.17, 15) is 23.3 Å². The van der Waals surface area contributed by atoms with Crippen molar-refractivity contribution in [3.8, 4) is 0 Å². The number of carbonyl (C=O) groups is 1. The van der Waals surface area contributed by atoms with Gasteiger partial charge in [-0.3, -0.25) is 14.9 Å². The third kappa shape index (κ3) is 4.37. The fraction of sp³-hybridized carbons (Fsp3) is 0.562. The summed E-state index contributed by atoms with van der Waals surface area (Å²) in [4.78, 5) is 24.0. The monoisotopic (exact) mass is 384 g/mol. The van der Waals surface area contributed by atoms with E-state index in [0.717, 1.165) is 6.07 Å². The number of hydrogen-bond donors (Lipinski definition) is 1. The van der Waals surface area contributed by atoms with Crippen molar-refractivity contribution in [1.29, 1.82) is 0 Å². The molecule has 0 saturated carbocycles. The van der Waals surface area contributed by atoms with Crippen LogP contribution in [-0.4, -0.2) is 60.7 Å². The van der Waals surface area contributed by atoms with E-state index < -0.39 is 26.7 Å². The minimum absolute atomic E-state index is 0.0779. The van der Waals surface area contributed by atoms with Crippen LogP contribution in [0.5, 0.6) is 0 Å². The van der Waals surface area contributed by atoms with Gasteiger partial charge in [0, 0.05) is 32.2 Å². The van der Waals surface area contributed by atoms with Crippen molar-refractivity contribution in [2.75, 3.05) is 26.2 Å². The van der Waals surface area contributed by atoms with Crippen molar-refractivity contribution in [3.63, 3.8) is 0 Å². The van der Waals surface area contributed by atoms with Gasteiger partial charge < -0.3 is 10.6 Å². The molecular weight excluding hydrogens is 360 g/mol. The lowest BCUT2D eigenvalue weighted by molar-refractivity contribution is -0.387. The largest absolute Gasteiger partial charge is 0.339 e. The molecule has 1 amide bonds. The molecule has 0 bridgehead atoms. The van der Waals surface area contributed by atoms with Gasteiger partial charge in [-0.25, -0.2) is 8.42 Å². The van der Waals surface area contributed by atoms with Crippen LogP contribution < -0.4 is 5.73 Å². The molecule has 0 aliphatic carbocycles. The predicted molar refractivity (Wildman–Crippen MR) is 95.9 cm³/mol. The van der Waals surface area contributed by atoms with Crippen molar-refractivity contribution < 1.29 is 18.1 Å². The van der Waals surface area contributed by atoms with Crippen LogP contribution in [-0.2, 0) is 14.8 Å². The summed E-state index contributed by atoms with van der Waals surface area (Å²) in [5, 5.41) is 11.1. The number of amides is 1. The first-order valence-electron chi connectivity index (χ1n) is 8.42. The molecule has 2 N–H and O–H groups in total. The normalized spacial score (nSPS) is 17.3. The van der Waals surface area contributed by atoms with E-state index in [4.69, 9.17) is 5.73 Å². The van der Waals surface area contributed by atoms with Crippen LogP contribution in [0, 0.1) is 16.0 Å². The number of sulfonamides is 1. The second kappa shape index (κ2) is 8.11. The number of nitrogens with two attached hydrogens (primary N) is 1. The number of benzene rings is 1. The number of para-hydroxylation sites is 1. The molecule has 1 aliphatic heterocycles. The molecule has 0 unspecified atom stereocenters. The van der Waals surface area contributed by atoms with Gasteiger partial charge in [-0.15, -0.1) is 0 Å². The van der Waals surface area contributed by atoms with Crippen molar-refractivity contribution in [1.82, 2.24) is 9.21 Å². The van der Waals surface area contributed by atoms with E-state index in [1.54, 1.807) is 4.90 Å². The lowest BCUT2D eigenvalue weighted by Crippen LogP contribution is -2.54. The van der Waals surface area contributed by atoms with E-state index in [0.29, 0.717) is 6.42 Å². The Hall–Kier alpha value is -2.04. The summed E-state index contributed by atoms with van der Waals surface area (Å²) in [7, 11) is -4.00. The molecule has 1 aliphatic rings. The van der Waals surface area contributed by atoms with Crippen LogP contribution >= 0.6 is 0 Å². The van der Waals surface area contributed by atoms with Crippen LogP contribution in [0.25, 0.3) is 0 Å². The van der Waals surface area contributed by atoms with Gasteiger partial charge in [0.15, 0.2) is 4.90 Å². The smallest absolute Gasteiger partial charge is 0.289 e. The quantitative estimate of drug-likeness (QED) is 0.571. The molecule has 1 saturated heterocycles. The number of piperazine rings is 1. The Morgan fingerprint density at radius 3 is 2.35 bits per heavy atom. The number of carbonyl (C=O) groups excluding carboxylic acids is 1. The molecule has 0 spiro atoms. The third-order valence-electron chi connectivity index (χ3n) is 4.27. The fourth-order valence-electron chi connectivity index (χ4n) is 2.96. The highest BCUT2D eigenvalue weighted by molar-refractivity contribution is 7.89. The van der Waals surface area contributed by atoms with Crippen molar-refractivity contribution in [3.05, 3.63) is 34.4 Å². The van der Waals surface area contributed by atoms with Gasteiger partial charge in [0.25, 0.3) is 5.69 Å². The average Bonchev–Trinajstić information content (AvgIpc) is 2.60. The average molecular weight is 384 g/mol. The maximum Gasteiger partial charge on any atom is 0.289 e. The first-order chi connectivity index (χ1) is 12.1. The van der Waals surface area contributed by atoms with E-state index in [2.05, 4.69) is 0 Å². The zero-order valence-electron chi connectivity index (χ0n) is 14.9. The highest BCUT2D eigenvalue weighted by Gasteiger charge is 2.35. The lowest BCUT2D eigenvalue weighted by atomic mass is 10.0. The van der Waals surface area contributed by atoms with Gasteiger partial charge in [-0.2, -0.15) is 4.31 Å². The van der Waals surface area contributed by atoms with E-state index >= 15 is 0 Å². The molecule has 10 heteroatoms. The first-order valence-corrected chi connectivity index (χ1v) is 9.86. The maximum absolute atomic E-state index is 12.8. The van der Waals surface area contributed by atoms with Crippen molar-refractivity contribution >= 4 is 21.6 Å². The number of rotatable bonds is 6. The topological polar surface area (TPSA) is 127 Å². The summed E-state index contributed by atoms with van der Waals surface area (Å²) in [6, 6.07) is 4.66. The summed E-state index contributed by atoms with van der Waals surface area (Å²) in [5.74, 6) is 0.0932. The number of nitro groups is 1. The Morgan fingerprint density at radius 2 is 1.81 bits per heavy atom. The summed E-state index contributed by atoms with van der Waals surface area (Å²) < 4.78 is 26.7. The molecule has 1 aromatic rings. The van der Waals surface area contributed by atoms with Crippen molar-refractivity contribution in [2.24, 2.45) is 11.7 Å². The Kier molecular flexibility index (Phi) is 6.32. The third-order valence-corrected chi connectivity index (χ3v) is 6.22. The van der Waals surface area contributed by atoms with Gasteiger partial charge in [-0.1, -0.05) is 26.0 Å². The SMILES string of the molecule is CC(C)C[C@H](N)C(=O)N1CCN(S(=O)(=O)c2ccccc2[N+](=O)[O-])CC1. The molecule has 1 aromatic carbocycles. The summed E-state index contributed by atoms with van der Waals surface area (Å²) in [6.45, 7) is 4.53. The Morgan fingerprint density at radius 1 is 1.23 bits per heavy atom. The Bertz CT molecular complexity index is 773. The molecule has 2 rings (SSSR count). The zero-order chi connectivity index (χ0) is 19.5. The highest BCUT2D eigenvalue weighted by Crippen LogP contribution is 2.27. The van der Waals surface area contributed by atoms with Gasteiger partial charge in [0.2, 0.25) is 15.9 Å². The first kappa shape index (κ1) is 20.3. The molecule has 0 aromatic heterocycles. The lowest BCUT2D eigenvalue weighted by Gasteiger charge is -2.35. The van der Waals surface area contributed by atoms with Crippen LogP contribution in [0.3, 0.4) is 0 Å². The predicted octanol–water partition coefficient (Wildman–Crippen LogP) is 0.801. The van der Waals surface area contributed by atoms with Crippen LogP contribution in [0.1, 0.15) is 20.3 Å². The van der Waals surface area contributed by atoms with Gasteiger partial charge in [0.1, 0.15) is 0 Å². The standard InChI is InChI=1S/C16H24N4O5S/c1-12(2)11-13(17)16(21)18-7-9-19(10-8-18)26(24,25)15-6-4-3-5-14(15)20(22)23/h3-6,12-13H,7-11,17H2,1-2H3/t13-/m0/s1. The second-order valence-corrected chi connectivity index (χ2v) is 8.60. The van der Waals surface area contributed by atoms with Gasteiger partial charge in [-0.05, 0) is 18.4 Å². The fourth-order valence-corrected chi connectivity index (χ4v) is 4.54. The Labute approximate surface area is 153 Å². The molecule has 1 atom stereocenters. The molecule has 1 fully saturated rings. The highest BCUT2D eigenvalue weighted by atomic mass is 32.2. The van der Waals surface area contributed by atoms with Gasteiger partial charge >= 0.3 is 0 Å². The van der Waals surface area contributed by atoms with E-state index in [1.807, 2.05) is 13.8 Å². The van der Waals surface area contributed by atoms with Gasteiger partial charge in [0.05, 0.1) is 11.0 Å². The summed E-state index contributed by atoms with van der Waals surface area (Å²) >= 11 is 0. The Balaban J connectivity index is 2.10. The maximum atomic E-state index is 12.8. The molecule has 144 valence electrons. The zero-order valence-corrected chi connectivity index (χ0v) is 15.7. The second-order valence-electron chi connectivity index (χ2n) is 6.69. The number of nitro benzene ring substituents is 1. The number of hydrogen-bond acceptors (Lipinski definition) is 6. The minimum Gasteiger partial charge on any atom is -0.339 e. The van der Waals surface area contributed by atoms with Crippen LogP contribution in [0.2, 0.25) is 0 Å². The van der Waals surface area contributed by atoms with Crippen LogP contribution in [0.4, 0.5) is 5.69 Å². The molecule has 9 nitrogen and oxygen atoms in total. The summed E-state index contributed by atoms with van der Waals surface area (Å²) in [6.07, 6.45) is 0.563. The number of nitrogens with zero attached hydrogens (tertiary/aromatic N) is 3. The van der Waals surface area contributed by atoms with Crippen molar-refractivity contribution in [2.45, 2.75) is 31.2 Å². The molecule has 0 radical (unpaired) electrons. The van der Waals surface area contributed by atoms with E-state index in [-0.39, 0.29) is 42.9 Å². The molecule has 26 heavy (non-hydrogen) atoms. The van der Waals surface area contributed by atoms with Crippen LogP contribution in [0.15, 0.2) is 29.2 Å². The molecular formula is C16H24N4O5S. The minimum atomic E-state index is -4.00. The van der Waals surface area contributed by atoms with E-state index in [1.165, 1.54) is 22.5 Å². The molecule has 1 heterocycles. The summed E-state index contributed by atoms with van der Waals surface area (Å²) in [5.41, 5.74) is 5.46.